The predicted octanol–water partition coefficient (Wildman–Crippen LogP) is 2.78. The Hall–Kier alpha value is -0.630. The number of rotatable bonds is 6. The lowest BCUT2D eigenvalue weighted by molar-refractivity contribution is -0.118. The molecule has 0 saturated heterocycles. The van der Waals surface area contributed by atoms with E-state index >= 15 is 0 Å². The molecule has 0 radical (unpaired) electrons. The fourth-order valence-corrected chi connectivity index (χ4v) is 2.55. The minimum atomic E-state index is -0.491. The van der Waals surface area contributed by atoms with Crippen LogP contribution in [0.1, 0.15) is 30.1 Å². The van der Waals surface area contributed by atoms with Gasteiger partial charge in [0.2, 0.25) is 5.91 Å². The van der Waals surface area contributed by atoms with Gasteiger partial charge in [-0.15, -0.1) is 0 Å². The molecule has 0 aliphatic carbocycles. The number of benzene rings is 1. The maximum absolute atomic E-state index is 12.5. The van der Waals surface area contributed by atoms with Gasteiger partial charge in [0, 0.05) is 14.6 Å². The highest BCUT2D eigenvalue weighted by Gasteiger charge is 2.19. The van der Waals surface area contributed by atoms with Gasteiger partial charge in [-0.05, 0) is 47.2 Å². The molecule has 0 fully saturated rings. The maximum atomic E-state index is 12.5. The van der Waals surface area contributed by atoms with Crippen molar-refractivity contribution < 1.29 is 9.59 Å². The van der Waals surface area contributed by atoms with Crippen LogP contribution in [0, 0.1) is 3.57 Å². The Labute approximate surface area is 135 Å². The van der Waals surface area contributed by atoms with Gasteiger partial charge in [0.25, 0.3) is 5.91 Å². The van der Waals surface area contributed by atoms with Crippen LogP contribution in [0.25, 0.3) is 0 Å². The third-order valence-corrected chi connectivity index (χ3v) is 4.01. The standard InChI is InChI=1S/C13H16BrIN2O2/c1-2-3-6-17(8-12(16)18)13(19)10-7-9(14)4-5-11(10)15/h4-5,7H,2-3,6,8H2,1H3,(H2,16,18). The Balaban J connectivity index is 2.97. The first kappa shape index (κ1) is 16.4. The third kappa shape index (κ3) is 5.10. The topological polar surface area (TPSA) is 63.4 Å². The Bertz CT molecular complexity index is 480. The number of amides is 2. The fourth-order valence-electron chi connectivity index (χ4n) is 1.62. The molecule has 0 atom stereocenters. The molecule has 2 amide bonds. The van der Waals surface area contributed by atoms with Crippen LogP contribution in [0.5, 0.6) is 0 Å². The molecule has 6 heteroatoms. The largest absolute Gasteiger partial charge is 0.368 e. The number of nitrogens with two attached hydrogens (primary N) is 1. The summed E-state index contributed by atoms with van der Waals surface area (Å²) in [6.45, 7) is 2.54. The number of unbranched alkanes of at least 4 members (excludes halogenated alkanes) is 1. The highest BCUT2D eigenvalue weighted by atomic mass is 127. The van der Waals surface area contributed by atoms with Gasteiger partial charge in [-0.3, -0.25) is 9.59 Å². The molecule has 0 heterocycles. The molecule has 0 aliphatic heterocycles. The van der Waals surface area contributed by atoms with Crippen LogP contribution >= 0.6 is 38.5 Å². The summed E-state index contributed by atoms with van der Waals surface area (Å²) in [5.74, 6) is -0.646. The minimum Gasteiger partial charge on any atom is -0.368 e. The van der Waals surface area contributed by atoms with E-state index in [9.17, 15) is 9.59 Å². The van der Waals surface area contributed by atoms with Gasteiger partial charge >= 0.3 is 0 Å². The van der Waals surface area contributed by atoms with Crippen LogP contribution in [0.4, 0.5) is 0 Å². The second-order valence-corrected chi connectivity index (χ2v) is 6.25. The lowest BCUT2D eigenvalue weighted by Gasteiger charge is -2.21. The van der Waals surface area contributed by atoms with Gasteiger partial charge in [0.1, 0.15) is 0 Å². The number of hydrogen-bond donors (Lipinski definition) is 1. The number of carbonyl (C=O) groups is 2. The molecule has 1 aromatic rings. The molecule has 19 heavy (non-hydrogen) atoms. The first-order valence-corrected chi connectivity index (χ1v) is 7.85. The van der Waals surface area contributed by atoms with Crippen molar-refractivity contribution in [2.45, 2.75) is 19.8 Å². The zero-order chi connectivity index (χ0) is 14.4. The summed E-state index contributed by atoms with van der Waals surface area (Å²) in [4.78, 5) is 25.0. The summed E-state index contributed by atoms with van der Waals surface area (Å²) in [5.41, 5.74) is 5.80. The number of carbonyl (C=O) groups excluding carboxylic acids is 2. The van der Waals surface area contributed by atoms with E-state index in [2.05, 4.69) is 38.5 Å². The zero-order valence-electron chi connectivity index (χ0n) is 10.7. The number of nitrogens with zero attached hydrogens (tertiary/aromatic N) is 1. The smallest absolute Gasteiger partial charge is 0.255 e. The number of primary amides is 1. The van der Waals surface area contributed by atoms with Crippen molar-refractivity contribution in [1.29, 1.82) is 0 Å². The molecule has 0 saturated carbocycles. The first-order valence-electron chi connectivity index (χ1n) is 5.98. The van der Waals surface area contributed by atoms with E-state index in [4.69, 9.17) is 5.73 Å². The maximum Gasteiger partial charge on any atom is 0.255 e. The van der Waals surface area contributed by atoms with Crippen LogP contribution < -0.4 is 5.73 Å². The van der Waals surface area contributed by atoms with E-state index in [1.165, 1.54) is 4.90 Å². The van der Waals surface area contributed by atoms with Crippen molar-refractivity contribution in [2.75, 3.05) is 13.1 Å². The normalized spacial score (nSPS) is 10.3. The van der Waals surface area contributed by atoms with Crippen LogP contribution in [0.15, 0.2) is 22.7 Å². The lowest BCUT2D eigenvalue weighted by atomic mass is 10.2. The van der Waals surface area contributed by atoms with Crippen molar-refractivity contribution >= 4 is 50.3 Å². The summed E-state index contributed by atoms with van der Waals surface area (Å²) in [6, 6.07) is 5.51. The third-order valence-electron chi connectivity index (χ3n) is 2.57. The fraction of sp³-hybridized carbons (Fsp3) is 0.385. The summed E-state index contributed by atoms with van der Waals surface area (Å²) < 4.78 is 1.70. The van der Waals surface area contributed by atoms with Crippen LogP contribution in [-0.2, 0) is 4.79 Å². The molecule has 1 aromatic carbocycles. The lowest BCUT2D eigenvalue weighted by Crippen LogP contribution is -2.39. The molecular formula is C13H16BrIN2O2. The first-order chi connectivity index (χ1) is 8.95. The van der Waals surface area contributed by atoms with Gasteiger partial charge in [0.05, 0.1) is 12.1 Å². The Morgan fingerprint density at radius 2 is 2.11 bits per heavy atom. The number of hydrogen-bond acceptors (Lipinski definition) is 2. The van der Waals surface area contributed by atoms with E-state index < -0.39 is 5.91 Å². The molecule has 2 N–H and O–H groups in total. The van der Waals surface area contributed by atoms with E-state index in [1.807, 2.05) is 19.1 Å². The van der Waals surface area contributed by atoms with Crippen molar-refractivity contribution in [2.24, 2.45) is 5.73 Å². The molecule has 0 aliphatic rings. The second kappa shape index (κ2) is 7.84. The van der Waals surface area contributed by atoms with E-state index in [1.54, 1.807) is 6.07 Å². The Kier molecular flexibility index (Phi) is 6.78. The summed E-state index contributed by atoms with van der Waals surface area (Å²) in [6.07, 6.45) is 1.81. The molecule has 104 valence electrons. The van der Waals surface area contributed by atoms with Gasteiger partial charge in [0.15, 0.2) is 0 Å². The molecular weight excluding hydrogens is 423 g/mol. The minimum absolute atomic E-state index is 0.0403. The average molecular weight is 439 g/mol. The van der Waals surface area contributed by atoms with Gasteiger partial charge in [-0.1, -0.05) is 29.3 Å². The summed E-state index contributed by atoms with van der Waals surface area (Å²) >= 11 is 5.46. The predicted molar refractivity (Wildman–Crippen MR) is 86.9 cm³/mol. The SMILES string of the molecule is CCCCN(CC(N)=O)C(=O)c1cc(Br)ccc1I. The molecule has 0 aromatic heterocycles. The van der Waals surface area contributed by atoms with E-state index in [0.29, 0.717) is 12.1 Å². The highest BCUT2D eigenvalue weighted by Crippen LogP contribution is 2.20. The molecule has 0 unspecified atom stereocenters. The zero-order valence-corrected chi connectivity index (χ0v) is 14.4. The Morgan fingerprint density at radius 3 is 2.68 bits per heavy atom. The van der Waals surface area contributed by atoms with Gasteiger partial charge < -0.3 is 10.6 Å². The van der Waals surface area contributed by atoms with Gasteiger partial charge in [-0.25, -0.2) is 0 Å². The van der Waals surface area contributed by atoms with Crippen LogP contribution in [-0.4, -0.2) is 29.8 Å². The average Bonchev–Trinajstić information content (AvgIpc) is 2.36. The van der Waals surface area contributed by atoms with Crippen LogP contribution in [0.3, 0.4) is 0 Å². The van der Waals surface area contributed by atoms with E-state index in [-0.39, 0.29) is 12.5 Å². The van der Waals surface area contributed by atoms with Crippen molar-refractivity contribution in [3.05, 3.63) is 31.8 Å². The van der Waals surface area contributed by atoms with Crippen LogP contribution in [0.2, 0.25) is 0 Å². The van der Waals surface area contributed by atoms with Crippen molar-refractivity contribution in [3.63, 3.8) is 0 Å². The Morgan fingerprint density at radius 1 is 1.42 bits per heavy atom. The molecule has 4 nitrogen and oxygen atoms in total. The summed E-state index contributed by atoms with van der Waals surface area (Å²) in [5, 5.41) is 0. The molecule has 0 bridgehead atoms. The highest BCUT2D eigenvalue weighted by molar-refractivity contribution is 14.1. The molecule has 1 rings (SSSR count). The monoisotopic (exact) mass is 438 g/mol. The summed E-state index contributed by atoms with van der Waals surface area (Å²) in [7, 11) is 0. The molecule has 0 spiro atoms. The van der Waals surface area contributed by atoms with Gasteiger partial charge in [-0.2, -0.15) is 0 Å². The second-order valence-electron chi connectivity index (χ2n) is 4.17. The quantitative estimate of drug-likeness (QED) is 0.694. The van der Waals surface area contributed by atoms with Crippen molar-refractivity contribution in [1.82, 2.24) is 4.90 Å². The number of halogens is 2. The van der Waals surface area contributed by atoms with E-state index in [0.717, 1.165) is 20.9 Å². The van der Waals surface area contributed by atoms with Crippen molar-refractivity contribution in [3.8, 4) is 0 Å².